The minimum Gasteiger partial charge on any atom is -0.296 e. The van der Waals surface area contributed by atoms with Crippen molar-refractivity contribution in [2.24, 2.45) is 0 Å². The minimum absolute atomic E-state index is 0.217. The first-order valence-electron chi connectivity index (χ1n) is 4.74. The highest BCUT2D eigenvalue weighted by Crippen LogP contribution is 2.25. The molecule has 84 valence electrons. The van der Waals surface area contributed by atoms with Crippen molar-refractivity contribution in [3.8, 4) is 0 Å². The lowest BCUT2D eigenvalue weighted by Gasteiger charge is -2.19. The topological polar surface area (TPSA) is 21.3 Å². The zero-order valence-corrected chi connectivity index (χ0v) is 10.6. The molecule has 0 bridgehead atoms. The molecule has 1 N–H and O–H groups in total. The van der Waals surface area contributed by atoms with Gasteiger partial charge in [0, 0.05) is 6.54 Å². The van der Waals surface area contributed by atoms with E-state index in [0.717, 1.165) is 5.56 Å². The first-order chi connectivity index (χ1) is 6.90. The summed E-state index contributed by atoms with van der Waals surface area (Å²) in [7, 11) is 0. The Bertz CT molecular complexity index is 334. The molecule has 1 aromatic rings. The van der Waals surface area contributed by atoms with Gasteiger partial charge in [0.05, 0.1) is 15.6 Å². The SMILES string of the molecule is CC(C)(C)ONCc1cccc(Cl)c1Cl. The Hall–Kier alpha value is -0.280. The summed E-state index contributed by atoms with van der Waals surface area (Å²) in [6.45, 7) is 6.45. The van der Waals surface area contributed by atoms with Crippen LogP contribution in [0.4, 0.5) is 0 Å². The van der Waals surface area contributed by atoms with Crippen molar-refractivity contribution in [1.82, 2.24) is 5.48 Å². The van der Waals surface area contributed by atoms with E-state index in [-0.39, 0.29) is 5.60 Å². The minimum atomic E-state index is -0.217. The number of benzene rings is 1. The predicted molar refractivity (Wildman–Crippen MR) is 64.1 cm³/mol. The molecule has 0 atom stereocenters. The van der Waals surface area contributed by atoms with Gasteiger partial charge < -0.3 is 0 Å². The van der Waals surface area contributed by atoms with E-state index in [1.807, 2.05) is 32.9 Å². The van der Waals surface area contributed by atoms with Crippen LogP contribution in [0.25, 0.3) is 0 Å². The molecule has 4 heteroatoms. The molecule has 2 nitrogen and oxygen atoms in total. The molecule has 0 aliphatic heterocycles. The molecule has 15 heavy (non-hydrogen) atoms. The fourth-order valence-electron chi connectivity index (χ4n) is 1.02. The number of halogens is 2. The Labute approximate surface area is 100 Å². The van der Waals surface area contributed by atoms with E-state index in [2.05, 4.69) is 5.48 Å². The van der Waals surface area contributed by atoms with Gasteiger partial charge in [-0.25, -0.2) is 0 Å². The van der Waals surface area contributed by atoms with Crippen LogP contribution in [0.1, 0.15) is 26.3 Å². The third kappa shape index (κ3) is 4.39. The summed E-state index contributed by atoms with van der Waals surface area (Å²) in [5.41, 5.74) is 3.57. The Balaban J connectivity index is 2.55. The standard InChI is InChI=1S/C11H15Cl2NO/c1-11(2,3)15-14-7-8-5-4-6-9(12)10(8)13/h4-6,14H,7H2,1-3H3. The summed E-state index contributed by atoms with van der Waals surface area (Å²) < 4.78 is 0. The number of hydroxylamine groups is 1. The molecule has 0 spiro atoms. The second kappa shape index (κ2) is 5.17. The summed E-state index contributed by atoms with van der Waals surface area (Å²) >= 11 is 11.9. The molecule has 1 rings (SSSR count). The van der Waals surface area contributed by atoms with Gasteiger partial charge in [0.1, 0.15) is 0 Å². The van der Waals surface area contributed by atoms with Gasteiger partial charge in [-0.05, 0) is 32.4 Å². The van der Waals surface area contributed by atoms with Crippen molar-refractivity contribution in [3.63, 3.8) is 0 Å². The number of hydrogen-bond acceptors (Lipinski definition) is 2. The maximum Gasteiger partial charge on any atom is 0.0813 e. The summed E-state index contributed by atoms with van der Waals surface area (Å²) in [5.74, 6) is 0. The monoisotopic (exact) mass is 247 g/mol. The first-order valence-corrected chi connectivity index (χ1v) is 5.49. The fourth-order valence-corrected chi connectivity index (χ4v) is 1.40. The van der Waals surface area contributed by atoms with E-state index < -0.39 is 0 Å². The molecule has 0 radical (unpaired) electrons. The van der Waals surface area contributed by atoms with Gasteiger partial charge in [0.25, 0.3) is 0 Å². The largest absolute Gasteiger partial charge is 0.296 e. The number of hydrogen-bond donors (Lipinski definition) is 1. The van der Waals surface area contributed by atoms with E-state index in [0.29, 0.717) is 16.6 Å². The lowest BCUT2D eigenvalue weighted by molar-refractivity contribution is -0.0757. The smallest absolute Gasteiger partial charge is 0.0813 e. The van der Waals surface area contributed by atoms with Crippen molar-refractivity contribution >= 4 is 23.2 Å². The van der Waals surface area contributed by atoms with E-state index >= 15 is 0 Å². The maximum absolute atomic E-state index is 6.02. The molecule has 0 aliphatic carbocycles. The van der Waals surface area contributed by atoms with Crippen LogP contribution in [0.2, 0.25) is 10.0 Å². The highest BCUT2D eigenvalue weighted by Gasteiger charge is 2.10. The van der Waals surface area contributed by atoms with E-state index in [1.54, 1.807) is 6.07 Å². The molecular weight excluding hydrogens is 233 g/mol. The lowest BCUT2D eigenvalue weighted by atomic mass is 10.2. The number of nitrogens with one attached hydrogen (secondary N) is 1. The van der Waals surface area contributed by atoms with Crippen LogP contribution in [0.3, 0.4) is 0 Å². The average molecular weight is 248 g/mol. The molecule has 0 saturated heterocycles. The van der Waals surface area contributed by atoms with Crippen LogP contribution >= 0.6 is 23.2 Å². The first kappa shape index (κ1) is 12.8. The highest BCUT2D eigenvalue weighted by atomic mass is 35.5. The Morgan fingerprint density at radius 3 is 2.53 bits per heavy atom. The Morgan fingerprint density at radius 1 is 1.27 bits per heavy atom. The van der Waals surface area contributed by atoms with E-state index in [4.69, 9.17) is 28.0 Å². The molecule has 0 heterocycles. The molecule has 0 aromatic heterocycles. The fraction of sp³-hybridized carbons (Fsp3) is 0.455. The van der Waals surface area contributed by atoms with Gasteiger partial charge in [-0.3, -0.25) is 4.84 Å². The van der Waals surface area contributed by atoms with Crippen LogP contribution in [-0.4, -0.2) is 5.60 Å². The second-order valence-electron chi connectivity index (χ2n) is 4.25. The number of rotatable bonds is 3. The highest BCUT2D eigenvalue weighted by molar-refractivity contribution is 6.42. The normalized spacial score (nSPS) is 11.8. The molecule has 0 fully saturated rings. The van der Waals surface area contributed by atoms with Crippen molar-refractivity contribution in [2.45, 2.75) is 32.9 Å². The summed E-state index contributed by atoms with van der Waals surface area (Å²) in [6, 6.07) is 5.54. The summed E-state index contributed by atoms with van der Waals surface area (Å²) in [5, 5.41) is 1.14. The van der Waals surface area contributed by atoms with Crippen molar-refractivity contribution in [3.05, 3.63) is 33.8 Å². The maximum atomic E-state index is 6.02. The average Bonchev–Trinajstić information content (AvgIpc) is 2.10. The van der Waals surface area contributed by atoms with Crippen LogP contribution in [0.15, 0.2) is 18.2 Å². The zero-order valence-electron chi connectivity index (χ0n) is 9.10. The van der Waals surface area contributed by atoms with Gasteiger partial charge in [0.15, 0.2) is 0 Å². The van der Waals surface area contributed by atoms with Crippen molar-refractivity contribution in [1.29, 1.82) is 0 Å². The van der Waals surface area contributed by atoms with Crippen LogP contribution in [-0.2, 0) is 11.4 Å². The molecule has 1 aromatic carbocycles. The van der Waals surface area contributed by atoms with Gasteiger partial charge in [-0.15, -0.1) is 0 Å². The van der Waals surface area contributed by atoms with E-state index in [9.17, 15) is 0 Å². The summed E-state index contributed by atoms with van der Waals surface area (Å²) in [4.78, 5) is 5.38. The lowest BCUT2D eigenvalue weighted by Crippen LogP contribution is -2.28. The molecule has 0 saturated carbocycles. The molecule has 0 aliphatic rings. The van der Waals surface area contributed by atoms with E-state index in [1.165, 1.54) is 0 Å². The van der Waals surface area contributed by atoms with Gasteiger partial charge in [-0.2, -0.15) is 5.48 Å². The Kier molecular flexibility index (Phi) is 4.41. The quantitative estimate of drug-likeness (QED) is 0.821. The molecular formula is C11H15Cl2NO. The van der Waals surface area contributed by atoms with Crippen LogP contribution in [0.5, 0.6) is 0 Å². The Morgan fingerprint density at radius 2 is 1.93 bits per heavy atom. The second-order valence-corrected chi connectivity index (χ2v) is 5.03. The van der Waals surface area contributed by atoms with Gasteiger partial charge in [0.2, 0.25) is 0 Å². The molecule has 0 amide bonds. The third-order valence-electron chi connectivity index (χ3n) is 1.67. The zero-order chi connectivity index (χ0) is 11.5. The summed E-state index contributed by atoms with van der Waals surface area (Å²) in [6.07, 6.45) is 0. The van der Waals surface area contributed by atoms with Gasteiger partial charge in [-0.1, -0.05) is 35.3 Å². The third-order valence-corrected chi connectivity index (χ3v) is 2.53. The predicted octanol–water partition coefficient (Wildman–Crippen LogP) is 3.81. The van der Waals surface area contributed by atoms with Crippen LogP contribution < -0.4 is 5.48 Å². The van der Waals surface area contributed by atoms with Crippen molar-refractivity contribution in [2.75, 3.05) is 0 Å². The van der Waals surface area contributed by atoms with Gasteiger partial charge >= 0.3 is 0 Å². The van der Waals surface area contributed by atoms with Crippen LogP contribution in [0, 0.1) is 0 Å². The molecule has 0 unspecified atom stereocenters. The van der Waals surface area contributed by atoms with Crippen molar-refractivity contribution < 1.29 is 4.84 Å².